The first kappa shape index (κ1) is 15.7. The van der Waals surface area contributed by atoms with Gasteiger partial charge in [-0.15, -0.1) is 0 Å². The van der Waals surface area contributed by atoms with E-state index in [1.54, 1.807) is 0 Å². The Bertz CT molecular complexity index is 529. The van der Waals surface area contributed by atoms with Crippen molar-refractivity contribution in [1.82, 2.24) is 0 Å². The third-order valence-corrected chi connectivity index (χ3v) is 3.40. The van der Waals surface area contributed by atoms with Crippen molar-refractivity contribution in [3.8, 4) is 0 Å². The summed E-state index contributed by atoms with van der Waals surface area (Å²) < 4.78 is 0. The average molecular weight is 282 g/mol. The Morgan fingerprint density at radius 3 is 0.900 bits per heavy atom. The minimum Gasteiger partial charge on any atom is -0.0687 e. The van der Waals surface area contributed by atoms with Gasteiger partial charge in [0.25, 0.3) is 0 Å². The molecule has 2 heteroatoms. The van der Waals surface area contributed by atoms with Crippen molar-refractivity contribution in [2.24, 2.45) is 0 Å². The van der Waals surface area contributed by atoms with Gasteiger partial charge >= 0.3 is 51.4 Å². The molecule has 3 rings (SSSR count). The second kappa shape index (κ2) is 7.96. The van der Waals surface area contributed by atoms with Crippen LogP contribution in [0.5, 0.6) is 0 Å². The smallest absolute Gasteiger partial charge is 0.0687 e. The molecule has 3 aromatic carbocycles. The van der Waals surface area contributed by atoms with Crippen LogP contribution in [0.1, 0.15) is 0 Å². The average Bonchev–Trinajstić information content (AvgIpc) is 2.51. The van der Waals surface area contributed by atoms with E-state index in [0.717, 1.165) is 0 Å². The molecule has 0 aliphatic carbocycles. The molecule has 0 radical (unpaired) electrons. The van der Waals surface area contributed by atoms with E-state index in [0.29, 0.717) is 6.71 Å². The summed E-state index contributed by atoms with van der Waals surface area (Å²) in [5.74, 6) is 0. The molecule has 0 aliphatic heterocycles. The van der Waals surface area contributed by atoms with Crippen molar-refractivity contribution in [3.05, 3.63) is 91.0 Å². The predicted octanol–water partition coefficient (Wildman–Crippen LogP) is 1.55. The first-order valence-corrected chi connectivity index (χ1v) is 6.60. The molecule has 0 spiro atoms. The molecule has 0 fully saturated rings. The molecule has 0 saturated carbocycles. The van der Waals surface area contributed by atoms with Gasteiger partial charge in [-0.2, -0.15) is 0 Å². The van der Waals surface area contributed by atoms with Gasteiger partial charge < -0.3 is 0 Å². The Morgan fingerprint density at radius 1 is 0.400 bits per heavy atom. The van der Waals surface area contributed by atoms with E-state index in [4.69, 9.17) is 0 Å². The largest absolute Gasteiger partial charge is 0.241 e. The van der Waals surface area contributed by atoms with Gasteiger partial charge in [0.05, 0.1) is 0 Å². The summed E-state index contributed by atoms with van der Waals surface area (Å²) in [5, 5.41) is 0. The summed E-state index contributed by atoms with van der Waals surface area (Å²) in [6.45, 7) is 0.309. The fourth-order valence-corrected chi connectivity index (χ4v) is 2.51. The minimum atomic E-state index is 0. The molecule has 0 atom stereocenters. The summed E-state index contributed by atoms with van der Waals surface area (Å²) >= 11 is 0. The van der Waals surface area contributed by atoms with Gasteiger partial charge in [0, 0.05) is 0 Å². The van der Waals surface area contributed by atoms with Gasteiger partial charge in [0.1, 0.15) is 0 Å². The van der Waals surface area contributed by atoms with Crippen molar-refractivity contribution in [2.75, 3.05) is 0 Å². The topological polar surface area (TPSA) is 0 Å². The zero-order valence-electron chi connectivity index (χ0n) is 10.7. The van der Waals surface area contributed by atoms with Crippen LogP contribution in [0.15, 0.2) is 91.0 Å². The Hall–Kier alpha value is -0.639. The summed E-state index contributed by atoms with van der Waals surface area (Å²) in [6, 6.07) is 32.0. The van der Waals surface area contributed by atoms with Gasteiger partial charge in [0.2, 0.25) is 6.71 Å². The molecule has 0 nitrogen and oxygen atoms in total. The maximum Gasteiger partial charge on any atom is 0.241 e. The molecular weight excluding hydrogens is 266 g/mol. The predicted molar refractivity (Wildman–Crippen MR) is 91.1 cm³/mol. The summed E-state index contributed by atoms with van der Waals surface area (Å²) in [6.07, 6.45) is 0. The van der Waals surface area contributed by atoms with Crippen LogP contribution in [-0.4, -0.2) is 58.1 Å². The maximum absolute atomic E-state index is 2.20. The molecule has 20 heavy (non-hydrogen) atoms. The SMILES string of the molecule is [KH].c1ccc(B(c2ccccc2)c2ccccc2)cc1. The third kappa shape index (κ3) is 3.72. The standard InChI is InChI=1S/C18H15B.K.H/c1-4-10-16(11-5-1)19(17-12-6-2-7-13-17)18-14-8-3-9-15-18;;/h1-15H;;. The molecule has 0 saturated heterocycles. The fraction of sp³-hybridized carbons (Fsp3) is 0. The summed E-state index contributed by atoms with van der Waals surface area (Å²) in [5.41, 5.74) is 4.00. The number of hydrogen-bond acceptors (Lipinski definition) is 0. The number of rotatable bonds is 3. The van der Waals surface area contributed by atoms with Crippen LogP contribution in [-0.2, 0) is 0 Å². The molecule has 0 unspecified atom stereocenters. The quantitative estimate of drug-likeness (QED) is 0.640. The monoisotopic (exact) mass is 282 g/mol. The molecule has 3 aromatic rings. The van der Waals surface area contributed by atoms with Crippen molar-refractivity contribution in [2.45, 2.75) is 0 Å². The number of hydrogen-bond donors (Lipinski definition) is 0. The summed E-state index contributed by atoms with van der Waals surface area (Å²) in [7, 11) is 0. The zero-order valence-corrected chi connectivity index (χ0v) is 10.7. The van der Waals surface area contributed by atoms with Crippen LogP contribution < -0.4 is 16.4 Å². The molecule has 0 bridgehead atoms. The second-order valence-corrected chi connectivity index (χ2v) is 4.67. The van der Waals surface area contributed by atoms with Gasteiger partial charge in [-0.05, 0) is 0 Å². The van der Waals surface area contributed by atoms with Crippen LogP contribution in [0, 0.1) is 0 Å². The van der Waals surface area contributed by atoms with E-state index in [9.17, 15) is 0 Å². The minimum absolute atomic E-state index is 0. The Labute approximate surface area is 163 Å². The Kier molecular flexibility index (Phi) is 6.27. The Balaban J connectivity index is 0.00000147. The van der Waals surface area contributed by atoms with Gasteiger partial charge in [0.15, 0.2) is 0 Å². The van der Waals surface area contributed by atoms with Crippen LogP contribution in [0.3, 0.4) is 0 Å². The molecular formula is C18H16BK. The molecule has 0 aromatic heterocycles. The molecule has 92 valence electrons. The third-order valence-electron chi connectivity index (χ3n) is 3.40. The van der Waals surface area contributed by atoms with Gasteiger partial charge in [-0.3, -0.25) is 0 Å². The molecule has 0 amide bonds. The van der Waals surface area contributed by atoms with E-state index in [1.165, 1.54) is 16.4 Å². The first-order chi connectivity index (χ1) is 9.45. The van der Waals surface area contributed by atoms with Crippen LogP contribution in [0.2, 0.25) is 0 Å². The van der Waals surface area contributed by atoms with Crippen molar-refractivity contribution < 1.29 is 0 Å². The van der Waals surface area contributed by atoms with E-state index < -0.39 is 0 Å². The normalized spacial score (nSPS) is 9.60. The van der Waals surface area contributed by atoms with E-state index in [1.807, 2.05) is 0 Å². The molecule has 0 heterocycles. The molecule has 0 N–H and O–H groups in total. The van der Waals surface area contributed by atoms with Crippen LogP contribution in [0.25, 0.3) is 0 Å². The second-order valence-electron chi connectivity index (χ2n) is 4.67. The van der Waals surface area contributed by atoms with Crippen LogP contribution >= 0.6 is 0 Å². The fourth-order valence-electron chi connectivity index (χ4n) is 2.51. The van der Waals surface area contributed by atoms with Gasteiger partial charge in [-0.25, -0.2) is 0 Å². The summed E-state index contributed by atoms with van der Waals surface area (Å²) in [4.78, 5) is 0. The first-order valence-electron chi connectivity index (χ1n) is 6.60. The molecule has 0 aliphatic rings. The van der Waals surface area contributed by atoms with E-state index >= 15 is 0 Å². The van der Waals surface area contributed by atoms with Crippen molar-refractivity contribution >= 4 is 74.5 Å². The zero-order chi connectivity index (χ0) is 12.9. The Morgan fingerprint density at radius 2 is 0.650 bits per heavy atom. The maximum atomic E-state index is 2.20. The van der Waals surface area contributed by atoms with Crippen molar-refractivity contribution in [1.29, 1.82) is 0 Å². The van der Waals surface area contributed by atoms with E-state index in [2.05, 4.69) is 91.0 Å². The van der Waals surface area contributed by atoms with Crippen molar-refractivity contribution in [3.63, 3.8) is 0 Å². The van der Waals surface area contributed by atoms with Gasteiger partial charge in [-0.1, -0.05) is 107 Å². The van der Waals surface area contributed by atoms with Crippen LogP contribution in [0.4, 0.5) is 0 Å². The van der Waals surface area contributed by atoms with E-state index in [-0.39, 0.29) is 51.4 Å². The number of benzene rings is 3.